The van der Waals surface area contributed by atoms with Crippen LogP contribution in [0.4, 0.5) is 4.39 Å². The molecule has 2 aromatic carbocycles. The van der Waals surface area contributed by atoms with Crippen LogP contribution in [0.25, 0.3) is 0 Å². The summed E-state index contributed by atoms with van der Waals surface area (Å²) in [5.74, 6) is 1.47. The van der Waals surface area contributed by atoms with Gasteiger partial charge in [0.1, 0.15) is 5.82 Å². The van der Waals surface area contributed by atoms with Gasteiger partial charge in [-0.15, -0.1) is 35.7 Å². The smallest absolute Gasteiger partial charge is 0.191 e. The number of hydrogen-bond acceptors (Lipinski definition) is 2. The molecule has 124 valence electrons. The molecule has 2 aromatic rings. The zero-order valence-electron chi connectivity index (χ0n) is 13.0. The number of rotatable bonds is 6. The molecule has 0 aliphatic carbocycles. The highest BCUT2D eigenvalue weighted by molar-refractivity contribution is 14.0. The largest absolute Gasteiger partial charge is 0.356 e. The van der Waals surface area contributed by atoms with Crippen molar-refractivity contribution in [3.05, 3.63) is 66.0 Å². The van der Waals surface area contributed by atoms with E-state index in [0.29, 0.717) is 0 Å². The van der Waals surface area contributed by atoms with Crippen LogP contribution in [0.2, 0.25) is 0 Å². The molecule has 0 heterocycles. The highest BCUT2D eigenvalue weighted by Crippen LogP contribution is 2.17. The Morgan fingerprint density at radius 2 is 1.74 bits per heavy atom. The number of nitrogens with one attached hydrogen (secondary N) is 2. The molecule has 0 aromatic heterocycles. The van der Waals surface area contributed by atoms with Gasteiger partial charge in [0, 0.05) is 30.8 Å². The highest BCUT2D eigenvalue weighted by atomic mass is 127. The summed E-state index contributed by atoms with van der Waals surface area (Å²) in [6.45, 7) is 1.53. The third kappa shape index (κ3) is 7.69. The molecular weight excluding hydrogens is 424 g/mol. The molecule has 0 fully saturated rings. The standard InChI is InChI=1S/C17H20FN3S.HI/c1-19-17(21-13-14-5-3-2-4-6-14)20-11-12-22-16-9-7-15(18)8-10-16;/h2-10H,11-13H2,1H3,(H2,19,20,21);1H. The van der Waals surface area contributed by atoms with Gasteiger partial charge in [0.25, 0.3) is 0 Å². The molecule has 0 aliphatic rings. The van der Waals surface area contributed by atoms with Crippen molar-refractivity contribution >= 4 is 41.7 Å². The summed E-state index contributed by atoms with van der Waals surface area (Å²) in [4.78, 5) is 5.26. The lowest BCUT2D eigenvalue weighted by atomic mass is 10.2. The van der Waals surface area contributed by atoms with E-state index >= 15 is 0 Å². The fourth-order valence-corrected chi connectivity index (χ4v) is 2.64. The molecule has 0 radical (unpaired) electrons. The van der Waals surface area contributed by atoms with Crippen molar-refractivity contribution in [3.8, 4) is 0 Å². The van der Waals surface area contributed by atoms with Crippen molar-refractivity contribution in [1.82, 2.24) is 10.6 Å². The van der Waals surface area contributed by atoms with Crippen molar-refractivity contribution in [1.29, 1.82) is 0 Å². The second kappa shape index (κ2) is 11.3. The Morgan fingerprint density at radius 1 is 1.04 bits per heavy atom. The fourth-order valence-electron chi connectivity index (χ4n) is 1.87. The van der Waals surface area contributed by atoms with Crippen molar-refractivity contribution in [2.75, 3.05) is 19.3 Å². The SMILES string of the molecule is CN=C(NCCSc1ccc(F)cc1)NCc1ccccc1.I. The molecule has 0 saturated heterocycles. The maximum atomic E-state index is 12.8. The summed E-state index contributed by atoms with van der Waals surface area (Å²) >= 11 is 1.68. The van der Waals surface area contributed by atoms with Gasteiger partial charge in [0.05, 0.1) is 0 Å². The van der Waals surface area contributed by atoms with Crippen molar-refractivity contribution in [2.45, 2.75) is 11.4 Å². The molecule has 0 atom stereocenters. The minimum absolute atomic E-state index is 0. The lowest BCUT2D eigenvalue weighted by Crippen LogP contribution is -2.37. The van der Waals surface area contributed by atoms with Crippen LogP contribution in [0.1, 0.15) is 5.56 Å². The molecule has 0 saturated carbocycles. The minimum atomic E-state index is -0.201. The normalized spacial score (nSPS) is 10.8. The quantitative estimate of drug-likeness (QED) is 0.233. The van der Waals surface area contributed by atoms with Gasteiger partial charge in [-0.25, -0.2) is 4.39 Å². The van der Waals surface area contributed by atoms with E-state index in [0.717, 1.165) is 29.7 Å². The van der Waals surface area contributed by atoms with Gasteiger partial charge < -0.3 is 10.6 Å². The van der Waals surface area contributed by atoms with E-state index in [4.69, 9.17) is 0 Å². The van der Waals surface area contributed by atoms with Crippen LogP contribution in [-0.2, 0) is 6.54 Å². The van der Waals surface area contributed by atoms with Crippen LogP contribution < -0.4 is 10.6 Å². The Kier molecular flexibility index (Phi) is 9.70. The van der Waals surface area contributed by atoms with E-state index in [9.17, 15) is 4.39 Å². The van der Waals surface area contributed by atoms with Crippen molar-refractivity contribution < 1.29 is 4.39 Å². The van der Waals surface area contributed by atoms with Crippen LogP contribution in [0.5, 0.6) is 0 Å². The van der Waals surface area contributed by atoms with Crippen molar-refractivity contribution in [2.24, 2.45) is 4.99 Å². The number of benzene rings is 2. The summed E-state index contributed by atoms with van der Waals surface area (Å²) in [5, 5.41) is 6.54. The first-order valence-corrected chi connectivity index (χ1v) is 8.13. The first-order chi connectivity index (χ1) is 10.8. The van der Waals surface area contributed by atoms with E-state index in [1.807, 2.05) is 18.2 Å². The lowest BCUT2D eigenvalue weighted by Gasteiger charge is -2.11. The van der Waals surface area contributed by atoms with Crippen LogP contribution in [0, 0.1) is 5.82 Å². The van der Waals surface area contributed by atoms with Crippen LogP contribution in [-0.4, -0.2) is 25.3 Å². The first kappa shape index (κ1) is 19.8. The number of hydrogen-bond donors (Lipinski definition) is 2. The van der Waals surface area contributed by atoms with Crippen LogP contribution in [0.3, 0.4) is 0 Å². The monoisotopic (exact) mass is 445 g/mol. The summed E-state index contributed by atoms with van der Waals surface area (Å²) < 4.78 is 12.8. The molecule has 0 bridgehead atoms. The predicted octanol–water partition coefficient (Wildman–Crippen LogP) is 3.90. The third-order valence-corrected chi connectivity index (χ3v) is 4.02. The summed E-state index contributed by atoms with van der Waals surface area (Å²) in [5.41, 5.74) is 1.21. The maximum absolute atomic E-state index is 12.8. The number of aliphatic imine (C=N–C) groups is 1. The van der Waals surface area contributed by atoms with Gasteiger partial charge in [-0.3, -0.25) is 4.99 Å². The van der Waals surface area contributed by atoms with Crippen molar-refractivity contribution in [3.63, 3.8) is 0 Å². The Balaban J connectivity index is 0.00000264. The first-order valence-electron chi connectivity index (χ1n) is 7.15. The molecule has 23 heavy (non-hydrogen) atoms. The Hall–Kier alpha value is -1.28. The molecule has 0 aliphatic heterocycles. The minimum Gasteiger partial charge on any atom is -0.356 e. The lowest BCUT2D eigenvalue weighted by molar-refractivity contribution is 0.626. The number of halogens is 2. The highest BCUT2D eigenvalue weighted by Gasteiger charge is 1.99. The summed E-state index contributed by atoms with van der Waals surface area (Å²) in [7, 11) is 1.76. The molecule has 2 N–H and O–H groups in total. The predicted molar refractivity (Wildman–Crippen MR) is 107 cm³/mol. The zero-order valence-corrected chi connectivity index (χ0v) is 16.1. The van der Waals surface area contributed by atoms with Gasteiger partial charge in [0.15, 0.2) is 5.96 Å². The number of nitrogens with zero attached hydrogens (tertiary/aromatic N) is 1. The van der Waals surface area contributed by atoms with Gasteiger partial charge >= 0.3 is 0 Å². The van der Waals surface area contributed by atoms with E-state index < -0.39 is 0 Å². The van der Waals surface area contributed by atoms with E-state index in [2.05, 4.69) is 27.8 Å². The molecule has 0 spiro atoms. The molecule has 3 nitrogen and oxygen atoms in total. The third-order valence-electron chi connectivity index (χ3n) is 3.00. The van der Waals surface area contributed by atoms with E-state index in [1.165, 1.54) is 17.7 Å². The Labute approximate surface area is 158 Å². The Morgan fingerprint density at radius 3 is 2.39 bits per heavy atom. The van der Waals surface area contributed by atoms with Gasteiger partial charge in [-0.2, -0.15) is 0 Å². The molecule has 0 amide bonds. The topological polar surface area (TPSA) is 36.4 Å². The maximum Gasteiger partial charge on any atom is 0.191 e. The van der Waals surface area contributed by atoms with Crippen LogP contribution >= 0.6 is 35.7 Å². The van der Waals surface area contributed by atoms with Gasteiger partial charge in [-0.1, -0.05) is 30.3 Å². The average molecular weight is 445 g/mol. The second-order valence-corrected chi connectivity index (χ2v) is 5.81. The molecular formula is C17H21FIN3S. The van der Waals surface area contributed by atoms with E-state index in [1.54, 1.807) is 30.9 Å². The average Bonchev–Trinajstić information content (AvgIpc) is 2.57. The molecule has 0 unspecified atom stereocenters. The van der Waals surface area contributed by atoms with Gasteiger partial charge in [0.2, 0.25) is 0 Å². The van der Waals surface area contributed by atoms with E-state index in [-0.39, 0.29) is 29.8 Å². The number of thioether (sulfide) groups is 1. The zero-order chi connectivity index (χ0) is 15.6. The fraction of sp³-hybridized carbons (Fsp3) is 0.235. The summed E-state index contributed by atoms with van der Waals surface area (Å²) in [6.07, 6.45) is 0. The molecule has 6 heteroatoms. The number of guanidine groups is 1. The summed E-state index contributed by atoms with van der Waals surface area (Å²) in [6, 6.07) is 16.7. The van der Waals surface area contributed by atoms with Gasteiger partial charge in [-0.05, 0) is 29.8 Å². The molecule has 2 rings (SSSR count). The van der Waals surface area contributed by atoms with Crippen LogP contribution in [0.15, 0.2) is 64.5 Å². The second-order valence-electron chi connectivity index (χ2n) is 4.64. The Bertz CT molecular complexity index is 591.